The lowest BCUT2D eigenvalue weighted by molar-refractivity contribution is 0.102. The highest BCUT2D eigenvalue weighted by Gasteiger charge is 2.18. The topological polar surface area (TPSA) is 86.5 Å². The van der Waals surface area contributed by atoms with E-state index in [4.69, 9.17) is 25.5 Å². The number of ether oxygens (including phenoxy) is 2. The Morgan fingerprint density at radius 2 is 1.96 bits per heavy atom. The van der Waals surface area contributed by atoms with Crippen LogP contribution in [0.15, 0.2) is 46.9 Å². The summed E-state index contributed by atoms with van der Waals surface area (Å²) in [5.74, 6) is 0.994. The zero-order valence-electron chi connectivity index (χ0n) is 12.2. The van der Waals surface area contributed by atoms with Crippen molar-refractivity contribution in [3.05, 3.63) is 53.1 Å². The second kappa shape index (κ2) is 5.86. The summed E-state index contributed by atoms with van der Waals surface area (Å²) in [6, 6.07) is 11.9. The minimum Gasteiger partial charge on any atom is -0.454 e. The van der Waals surface area contributed by atoms with Crippen molar-refractivity contribution in [2.75, 3.05) is 12.1 Å². The van der Waals surface area contributed by atoms with Gasteiger partial charge in [0.05, 0.1) is 0 Å². The van der Waals surface area contributed by atoms with Crippen LogP contribution in [0, 0.1) is 0 Å². The predicted molar refractivity (Wildman–Crippen MR) is 85.3 cm³/mol. The fourth-order valence-corrected chi connectivity index (χ4v) is 2.41. The number of hydrogen-bond donors (Lipinski definition) is 1. The molecule has 0 atom stereocenters. The normalized spacial score (nSPS) is 12.2. The van der Waals surface area contributed by atoms with Crippen LogP contribution in [0.4, 0.5) is 6.01 Å². The first-order chi connectivity index (χ1) is 11.7. The number of aromatic nitrogens is 2. The summed E-state index contributed by atoms with van der Waals surface area (Å²) in [6.07, 6.45) is 0. The third-order valence-electron chi connectivity index (χ3n) is 3.35. The van der Waals surface area contributed by atoms with E-state index in [1.54, 1.807) is 42.5 Å². The first-order valence-electron chi connectivity index (χ1n) is 6.99. The molecule has 8 heteroatoms. The number of rotatable bonds is 3. The summed E-state index contributed by atoms with van der Waals surface area (Å²) >= 11 is 5.93. The average Bonchev–Trinajstić information content (AvgIpc) is 3.23. The third kappa shape index (κ3) is 2.77. The molecule has 0 spiro atoms. The Balaban J connectivity index is 1.52. The standard InChI is InChI=1S/C16H10ClN3O4/c17-11-3-1-2-10(6-11)15-19-20-16(24-15)18-14(21)9-4-5-12-13(7-9)23-8-22-12/h1-7H,8H2,(H,18,20,21). The molecular formula is C16H10ClN3O4. The second-order valence-corrected chi connectivity index (χ2v) is 5.38. The number of anilines is 1. The van der Waals surface area contributed by atoms with Crippen LogP contribution < -0.4 is 14.8 Å². The molecule has 0 fully saturated rings. The van der Waals surface area contributed by atoms with Crippen molar-refractivity contribution in [1.29, 1.82) is 0 Å². The lowest BCUT2D eigenvalue weighted by Crippen LogP contribution is -2.12. The van der Waals surface area contributed by atoms with Gasteiger partial charge < -0.3 is 13.9 Å². The molecule has 24 heavy (non-hydrogen) atoms. The number of carbonyl (C=O) groups is 1. The summed E-state index contributed by atoms with van der Waals surface area (Å²) in [5.41, 5.74) is 1.06. The lowest BCUT2D eigenvalue weighted by Gasteiger charge is -2.02. The highest BCUT2D eigenvalue weighted by Crippen LogP contribution is 2.32. The Morgan fingerprint density at radius 1 is 1.08 bits per heavy atom. The molecule has 3 aromatic rings. The van der Waals surface area contributed by atoms with E-state index in [9.17, 15) is 4.79 Å². The highest BCUT2D eigenvalue weighted by atomic mass is 35.5. The molecule has 0 saturated heterocycles. The maximum Gasteiger partial charge on any atom is 0.322 e. The maximum absolute atomic E-state index is 12.3. The number of nitrogens with one attached hydrogen (secondary N) is 1. The molecular weight excluding hydrogens is 334 g/mol. The molecule has 2 aromatic carbocycles. The van der Waals surface area contributed by atoms with Crippen molar-refractivity contribution in [3.8, 4) is 23.0 Å². The van der Waals surface area contributed by atoms with E-state index in [0.717, 1.165) is 0 Å². The molecule has 120 valence electrons. The van der Waals surface area contributed by atoms with E-state index >= 15 is 0 Å². The molecule has 1 aliphatic heterocycles. The lowest BCUT2D eigenvalue weighted by atomic mass is 10.2. The van der Waals surface area contributed by atoms with Crippen molar-refractivity contribution in [2.24, 2.45) is 0 Å². The average molecular weight is 344 g/mol. The zero-order chi connectivity index (χ0) is 16.5. The highest BCUT2D eigenvalue weighted by molar-refractivity contribution is 6.30. The number of halogens is 1. The van der Waals surface area contributed by atoms with Gasteiger partial charge in [-0.3, -0.25) is 10.1 Å². The number of benzene rings is 2. The van der Waals surface area contributed by atoms with Gasteiger partial charge in [0.25, 0.3) is 5.91 Å². The fourth-order valence-electron chi connectivity index (χ4n) is 2.22. The van der Waals surface area contributed by atoms with E-state index < -0.39 is 5.91 Å². The Labute approximate surface area is 141 Å². The van der Waals surface area contributed by atoms with Gasteiger partial charge in [0.1, 0.15) is 0 Å². The molecule has 1 aliphatic rings. The van der Waals surface area contributed by atoms with Gasteiger partial charge >= 0.3 is 6.01 Å². The van der Waals surface area contributed by atoms with Crippen molar-refractivity contribution in [2.45, 2.75) is 0 Å². The van der Waals surface area contributed by atoms with E-state index in [-0.39, 0.29) is 18.7 Å². The van der Waals surface area contributed by atoms with Crippen LogP contribution in [0.2, 0.25) is 5.02 Å². The molecule has 0 saturated carbocycles. The summed E-state index contributed by atoms with van der Waals surface area (Å²) in [4.78, 5) is 12.3. The molecule has 0 radical (unpaired) electrons. The third-order valence-corrected chi connectivity index (χ3v) is 3.59. The number of carbonyl (C=O) groups excluding carboxylic acids is 1. The summed E-state index contributed by atoms with van der Waals surface area (Å²) in [6.45, 7) is 0.146. The van der Waals surface area contributed by atoms with Gasteiger partial charge in [-0.1, -0.05) is 22.8 Å². The van der Waals surface area contributed by atoms with E-state index in [2.05, 4.69) is 15.5 Å². The van der Waals surface area contributed by atoms with Crippen LogP contribution in [0.5, 0.6) is 11.5 Å². The van der Waals surface area contributed by atoms with Crippen LogP contribution in [0.1, 0.15) is 10.4 Å². The minimum absolute atomic E-state index is 0.00681. The summed E-state index contributed by atoms with van der Waals surface area (Å²) in [7, 11) is 0. The molecule has 7 nitrogen and oxygen atoms in total. The number of hydrogen-bond acceptors (Lipinski definition) is 6. The molecule has 1 amide bonds. The zero-order valence-corrected chi connectivity index (χ0v) is 12.9. The number of fused-ring (bicyclic) bond motifs is 1. The van der Waals surface area contributed by atoms with Crippen molar-refractivity contribution in [3.63, 3.8) is 0 Å². The Bertz CT molecular complexity index is 925. The second-order valence-electron chi connectivity index (χ2n) is 4.94. The van der Waals surface area contributed by atoms with Gasteiger partial charge in [-0.05, 0) is 36.4 Å². The monoisotopic (exact) mass is 343 g/mol. The smallest absolute Gasteiger partial charge is 0.322 e. The Kier molecular flexibility index (Phi) is 3.55. The molecule has 0 unspecified atom stereocenters. The van der Waals surface area contributed by atoms with E-state index in [1.807, 2.05) is 0 Å². The van der Waals surface area contributed by atoms with Crippen LogP contribution in [0.25, 0.3) is 11.5 Å². The van der Waals surface area contributed by atoms with Gasteiger partial charge in [-0.25, -0.2) is 0 Å². The quantitative estimate of drug-likeness (QED) is 0.784. The molecule has 4 rings (SSSR count). The van der Waals surface area contributed by atoms with Gasteiger partial charge in [0, 0.05) is 16.1 Å². The number of nitrogens with zero attached hydrogens (tertiary/aromatic N) is 2. The molecule has 0 aliphatic carbocycles. The van der Waals surface area contributed by atoms with Crippen LogP contribution in [-0.4, -0.2) is 22.9 Å². The first kappa shape index (κ1) is 14.5. The van der Waals surface area contributed by atoms with Crippen molar-refractivity contribution >= 4 is 23.5 Å². The van der Waals surface area contributed by atoms with Gasteiger partial charge in [-0.15, -0.1) is 5.10 Å². The Morgan fingerprint density at radius 3 is 2.83 bits per heavy atom. The van der Waals surface area contributed by atoms with Crippen molar-refractivity contribution in [1.82, 2.24) is 10.2 Å². The maximum atomic E-state index is 12.3. The van der Waals surface area contributed by atoms with Gasteiger partial charge in [0.2, 0.25) is 12.7 Å². The predicted octanol–water partition coefficient (Wildman–Crippen LogP) is 3.37. The van der Waals surface area contributed by atoms with Gasteiger partial charge in [0.15, 0.2) is 11.5 Å². The van der Waals surface area contributed by atoms with E-state index in [0.29, 0.717) is 27.6 Å². The largest absolute Gasteiger partial charge is 0.454 e. The molecule has 1 aromatic heterocycles. The Hall–Kier alpha value is -3.06. The van der Waals surface area contributed by atoms with E-state index in [1.165, 1.54) is 0 Å². The summed E-state index contributed by atoms with van der Waals surface area (Å²) < 4.78 is 15.9. The molecule has 0 bridgehead atoms. The van der Waals surface area contributed by atoms with Crippen LogP contribution in [-0.2, 0) is 0 Å². The molecule has 1 N–H and O–H groups in total. The summed E-state index contributed by atoms with van der Waals surface area (Å²) in [5, 5.41) is 10.8. The minimum atomic E-state index is -0.394. The molecule has 2 heterocycles. The van der Waals surface area contributed by atoms with Gasteiger partial charge in [-0.2, -0.15) is 0 Å². The SMILES string of the molecule is O=C(Nc1nnc(-c2cccc(Cl)c2)o1)c1ccc2c(c1)OCO2. The number of amides is 1. The first-order valence-corrected chi connectivity index (χ1v) is 7.37. The van der Waals surface area contributed by atoms with Crippen LogP contribution in [0.3, 0.4) is 0 Å². The van der Waals surface area contributed by atoms with Crippen molar-refractivity contribution < 1.29 is 18.7 Å². The fraction of sp³-hybridized carbons (Fsp3) is 0.0625. The van der Waals surface area contributed by atoms with Crippen LogP contribution >= 0.6 is 11.6 Å².